The Bertz CT molecular complexity index is 296. The quantitative estimate of drug-likeness (QED) is 0.381. The van der Waals surface area contributed by atoms with E-state index in [1.807, 2.05) is 0 Å². The summed E-state index contributed by atoms with van der Waals surface area (Å²) in [6.45, 7) is 5.69. The zero-order valence-corrected chi connectivity index (χ0v) is 13.9. The van der Waals surface area contributed by atoms with Crippen molar-refractivity contribution in [1.82, 2.24) is 0 Å². The molecule has 0 rings (SSSR count). The summed E-state index contributed by atoms with van der Waals surface area (Å²) in [5.41, 5.74) is -0.696. The molecule has 0 aromatic rings. The first kappa shape index (κ1) is 19.9. The molecule has 124 valence electrons. The van der Waals surface area contributed by atoms with Gasteiger partial charge in [-0.3, -0.25) is 9.59 Å². The number of unbranched alkanes of at least 4 members (excludes halogenated alkanes) is 8. The fraction of sp³-hybridized carbons (Fsp3) is 0.882. The lowest BCUT2D eigenvalue weighted by molar-refractivity contribution is -0.160. The van der Waals surface area contributed by atoms with Gasteiger partial charge in [-0.15, -0.1) is 0 Å². The maximum atomic E-state index is 11.1. The van der Waals surface area contributed by atoms with Crippen molar-refractivity contribution < 1.29 is 19.8 Å². The Morgan fingerprint density at radius 1 is 0.810 bits per heavy atom. The highest BCUT2D eigenvalue weighted by atomic mass is 16.4. The van der Waals surface area contributed by atoms with Crippen LogP contribution in [-0.4, -0.2) is 22.2 Å². The number of aliphatic carboxylic acids is 2. The van der Waals surface area contributed by atoms with Gasteiger partial charge in [0.05, 0.1) is 0 Å². The molecule has 0 aromatic heterocycles. The minimum Gasteiger partial charge on any atom is -0.481 e. The summed E-state index contributed by atoms with van der Waals surface area (Å²) in [6.07, 6.45) is 11.5. The van der Waals surface area contributed by atoms with Crippen LogP contribution in [0.5, 0.6) is 0 Å². The predicted octanol–water partition coefficient (Wildman–Crippen LogP) is 4.72. The van der Waals surface area contributed by atoms with Crippen LogP contribution in [0.3, 0.4) is 0 Å². The topological polar surface area (TPSA) is 74.6 Å². The summed E-state index contributed by atoms with van der Waals surface area (Å²) >= 11 is 0. The summed E-state index contributed by atoms with van der Waals surface area (Å²) in [7, 11) is 0. The summed E-state index contributed by atoms with van der Waals surface area (Å²) in [5.74, 6) is -3.78. The van der Waals surface area contributed by atoms with E-state index in [9.17, 15) is 9.59 Å². The second-order valence-electron chi connectivity index (χ2n) is 6.68. The highest BCUT2D eigenvalue weighted by Crippen LogP contribution is 2.33. The summed E-state index contributed by atoms with van der Waals surface area (Å²) < 4.78 is 0. The van der Waals surface area contributed by atoms with Crippen molar-refractivity contribution in [2.45, 2.75) is 85.0 Å². The molecule has 0 aromatic carbocycles. The van der Waals surface area contributed by atoms with E-state index < -0.39 is 23.3 Å². The average Bonchev–Trinajstić information content (AvgIpc) is 2.35. The van der Waals surface area contributed by atoms with Crippen LogP contribution in [0.15, 0.2) is 0 Å². The molecule has 0 aliphatic carbocycles. The van der Waals surface area contributed by atoms with Gasteiger partial charge in [0.2, 0.25) is 0 Å². The van der Waals surface area contributed by atoms with Crippen LogP contribution in [0, 0.1) is 11.3 Å². The molecule has 0 atom stereocenters. The van der Waals surface area contributed by atoms with Crippen LogP contribution in [0.1, 0.15) is 85.0 Å². The fourth-order valence-electron chi connectivity index (χ4n) is 2.81. The zero-order valence-electron chi connectivity index (χ0n) is 13.9. The second-order valence-corrected chi connectivity index (χ2v) is 6.68. The van der Waals surface area contributed by atoms with Crippen molar-refractivity contribution in [3.05, 3.63) is 0 Å². The lowest BCUT2D eigenvalue weighted by atomic mass is 9.75. The largest absolute Gasteiger partial charge is 0.481 e. The van der Waals surface area contributed by atoms with E-state index in [-0.39, 0.29) is 0 Å². The van der Waals surface area contributed by atoms with Gasteiger partial charge in [-0.25, -0.2) is 0 Å². The molecule has 0 heterocycles. The first-order valence-corrected chi connectivity index (χ1v) is 8.28. The Labute approximate surface area is 128 Å². The molecule has 0 unspecified atom stereocenters. The molecule has 4 nitrogen and oxygen atoms in total. The third kappa shape index (κ3) is 8.74. The molecular weight excluding hydrogens is 268 g/mol. The van der Waals surface area contributed by atoms with Crippen LogP contribution < -0.4 is 0 Å². The van der Waals surface area contributed by atoms with E-state index in [0.29, 0.717) is 6.42 Å². The van der Waals surface area contributed by atoms with E-state index >= 15 is 0 Å². The van der Waals surface area contributed by atoms with E-state index in [4.69, 9.17) is 10.2 Å². The first-order valence-electron chi connectivity index (χ1n) is 8.28. The fourth-order valence-corrected chi connectivity index (χ4v) is 2.81. The molecule has 0 radical (unpaired) electrons. The van der Waals surface area contributed by atoms with Crippen LogP contribution in [0.4, 0.5) is 0 Å². The number of carbonyl (C=O) groups is 2. The number of rotatable bonds is 13. The van der Waals surface area contributed by atoms with Crippen LogP contribution >= 0.6 is 0 Å². The van der Waals surface area contributed by atoms with Gasteiger partial charge in [-0.1, -0.05) is 78.6 Å². The molecule has 0 saturated heterocycles. The Morgan fingerprint density at radius 3 is 1.57 bits per heavy atom. The molecule has 0 aliphatic heterocycles. The lowest BCUT2D eigenvalue weighted by Gasteiger charge is -2.28. The van der Waals surface area contributed by atoms with Crippen molar-refractivity contribution in [2.24, 2.45) is 11.3 Å². The van der Waals surface area contributed by atoms with Crippen molar-refractivity contribution >= 4 is 11.9 Å². The standard InChI is InChI=1S/C17H32O4/c1-4-5-6-7-8-9-10-11-12-13-17(2,3)14(15(18)19)16(20)21/h14H,4-13H2,1-3H3,(H,18,19)(H,20,21). The molecule has 2 N–H and O–H groups in total. The molecule has 21 heavy (non-hydrogen) atoms. The third-order valence-electron chi connectivity index (χ3n) is 4.20. The minimum absolute atomic E-state index is 0.645. The number of hydrogen-bond acceptors (Lipinski definition) is 2. The number of carboxylic acid groups (broad SMARTS) is 2. The minimum atomic E-state index is -1.31. The Balaban J connectivity index is 3.84. The molecule has 0 bridgehead atoms. The van der Waals surface area contributed by atoms with Crippen LogP contribution in [0.25, 0.3) is 0 Å². The van der Waals surface area contributed by atoms with E-state index in [1.165, 1.54) is 38.5 Å². The van der Waals surface area contributed by atoms with Crippen molar-refractivity contribution in [2.75, 3.05) is 0 Å². The third-order valence-corrected chi connectivity index (χ3v) is 4.20. The molecule has 0 aliphatic rings. The second kappa shape index (κ2) is 10.6. The van der Waals surface area contributed by atoms with Gasteiger partial charge in [0.25, 0.3) is 0 Å². The highest BCUT2D eigenvalue weighted by Gasteiger charge is 2.40. The summed E-state index contributed by atoms with van der Waals surface area (Å²) in [4.78, 5) is 22.1. The molecule has 4 heteroatoms. The van der Waals surface area contributed by atoms with Crippen molar-refractivity contribution in [1.29, 1.82) is 0 Å². The molecule has 0 fully saturated rings. The zero-order chi connectivity index (χ0) is 16.3. The van der Waals surface area contributed by atoms with Crippen LogP contribution in [-0.2, 0) is 9.59 Å². The van der Waals surface area contributed by atoms with Gasteiger partial charge in [0, 0.05) is 0 Å². The normalized spacial score (nSPS) is 11.8. The van der Waals surface area contributed by atoms with E-state index in [1.54, 1.807) is 13.8 Å². The van der Waals surface area contributed by atoms with Crippen LogP contribution in [0.2, 0.25) is 0 Å². The molecule has 0 amide bonds. The maximum absolute atomic E-state index is 11.1. The van der Waals surface area contributed by atoms with Gasteiger partial charge >= 0.3 is 11.9 Å². The smallest absolute Gasteiger partial charge is 0.318 e. The van der Waals surface area contributed by atoms with E-state index in [2.05, 4.69) is 6.92 Å². The van der Waals surface area contributed by atoms with Crippen molar-refractivity contribution in [3.63, 3.8) is 0 Å². The van der Waals surface area contributed by atoms with E-state index in [0.717, 1.165) is 19.3 Å². The SMILES string of the molecule is CCCCCCCCCCCC(C)(C)C(C(=O)O)C(=O)O. The van der Waals surface area contributed by atoms with Gasteiger partial charge in [0.1, 0.15) is 0 Å². The van der Waals surface area contributed by atoms with Gasteiger partial charge < -0.3 is 10.2 Å². The number of carboxylic acids is 2. The Morgan fingerprint density at radius 2 is 1.19 bits per heavy atom. The Hall–Kier alpha value is -1.06. The maximum Gasteiger partial charge on any atom is 0.318 e. The van der Waals surface area contributed by atoms with Gasteiger partial charge in [0.15, 0.2) is 5.92 Å². The van der Waals surface area contributed by atoms with Crippen molar-refractivity contribution in [3.8, 4) is 0 Å². The molecule has 0 saturated carbocycles. The van der Waals surface area contributed by atoms with Gasteiger partial charge in [-0.05, 0) is 11.8 Å². The summed E-state index contributed by atoms with van der Waals surface area (Å²) in [5, 5.41) is 18.1. The lowest BCUT2D eigenvalue weighted by Crippen LogP contribution is -2.37. The summed E-state index contributed by atoms with van der Waals surface area (Å²) in [6, 6.07) is 0. The molecular formula is C17H32O4. The highest BCUT2D eigenvalue weighted by molar-refractivity contribution is 5.93. The van der Waals surface area contributed by atoms with Gasteiger partial charge in [-0.2, -0.15) is 0 Å². The predicted molar refractivity (Wildman–Crippen MR) is 84.4 cm³/mol. The monoisotopic (exact) mass is 300 g/mol. The Kier molecular flexibility index (Phi) is 10.1. The average molecular weight is 300 g/mol. The molecule has 0 spiro atoms. The number of hydrogen-bond donors (Lipinski definition) is 2. The first-order chi connectivity index (χ1) is 9.83.